The van der Waals surface area contributed by atoms with E-state index in [1.165, 1.54) is 18.2 Å². The van der Waals surface area contributed by atoms with Gasteiger partial charge >= 0.3 is 0 Å². The van der Waals surface area contributed by atoms with Gasteiger partial charge in [0.1, 0.15) is 0 Å². The SMILES string of the molecule is NC(=O)C=C(c1ccc(S(=O)(=O)c2cccc(-c3ccccc3)c2)cc1)c1cccnc1. The van der Waals surface area contributed by atoms with Crippen molar-refractivity contribution >= 4 is 21.3 Å². The van der Waals surface area contributed by atoms with Crippen molar-refractivity contribution in [3.8, 4) is 11.1 Å². The highest BCUT2D eigenvalue weighted by Gasteiger charge is 2.19. The van der Waals surface area contributed by atoms with E-state index in [9.17, 15) is 13.2 Å². The summed E-state index contributed by atoms with van der Waals surface area (Å²) in [5.41, 5.74) is 9.08. The molecule has 0 saturated carbocycles. The number of primary amides is 1. The number of nitrogens with two attached hydrogens (primary N) is 1. The minimum atomic E-state index is -3.72. The topological polar surface area (TPSA) is 90.1 Å². The van der Waals surface area contributed by atoms with Crippen molar-refractivity contribution in [2.24, 2.45) is 5.73 Å². The summed E-state index contributed by atoms with van der Waals surface area (Å²) in [6.45, 7) is 0. The van der Waals surface area contributed by atoms with Crippen LogP contribution in [0, 0.1) is 0 Å². The number of nitrogens with zero attached hydrogens (tertiary/aromatic N) is 1. The third-order valence-electron chi connectivity index (χ3n) is 4.99. The molecule has 32 heavy (non-hydrogen) atoms. The van der Waals surface area contributed by atoms with Gasteiger partial charge in [0.2, 0.25) is 15.7 Å². The number of hydrogen-bond acceptors (Lipinski definition) is 4. The average molecular weight is 441 g/mol. The standard InChI is InChI=1S/C26H20N2O3S/c27-26(29)17-25(22-9-5-15-28-18-22)20-11-13-23(14-12-20)32(30,31)24-10-4-8-21(16-24)19-6-2-1-3-7-19/h1-18H,(H2,27,29). The van der Waals surface area contributed by atoms with Gasteiger partial charge in [-0.05, 0) is 52.6 Å². The van der Waals surface area contributed by atoms with Gasteiger partial charge < -0.3 is 5.73 Å². The summed E-state index contributed by atoms with van der Waals surface area (Å²) in [5, 5.41) is 0. The number of pyridine rings is 1. The molecule has 6 heteroatoms. The van der Waals surface area contributed by atoms with Gasteiger partial charge in [-0.1, -0.05) is 60.7 Å². The second-order valence-corrected chi connectivity index (χ2v) is 9.07. The van der Waals surface area contributed by atoms with Gasteiger partial charge in [0.15, 0.2) is 0 Å². The van der Waals surface area contributed by atoms with E-state index >= 15 is 0 Å². The Bertz CT molecular complexity index is 1380. The minimum absolute atomic E-state index is 0.163. The van der Waals surface area contributed by atoms with Crippen molar-refractivity contribution in [3.63, 3.8) is 0 Å². The first kappa shape index (κ1) is 21.2. The molecular formula is C26H20N2O3S. The second-order valence-electron chi connectivity index (χ2n) is 7.12. The van der Waals surface area contributed by atoms with Gasteiger partial charge in [-0.3, -0.25) is 9.78 Å². The highest BCUT2D eigenvalue weighted by Crippen LogP contribution is 2.28. The summed E-state index contributed by atoms with van der Waals surface area (Å²) in [6, 6.07) is 26.4. The zero-order valence-corrected chi connectivity index (χ0v) is 17.9. The van der Waals surface area contributed by atoms with Crippen LogP contribution in [-0.4, -0.2) is 19.3 Å². The molecule has 3 aromatic carbocycles. The normalized spacial score (nSPS) is 11.8. The summed E-state index contributed by atoms with van der Waals surface area (Å²) in [4.78, 5) is 16.0. The monoisotopic (exact) mass is 440 g/mol. The fraction of sp³-hybridized carbons (Fsp3) is 0. The highest BCUT2D eigenvalue weighted by molar-refractivity contribution is 7.91. The van der Waals surface area contributed by atoms with Crippen molar-refractivity contribution in [1.82, 2.24) is 4.98 Å². The molecule has 0 aliphatic rings. The van der Waals surface area contributed by atoms with E-state index < -0.39 is 15.7 Å². The molecule has 5 nitrogen and oxygen atoms in total. The third kappa shape index (κ3) is 4.50. The van der Waals surface area contributed by atoms with Gasteiger partial charge in [0, 0.05) is 24.0 Å². The average Bonchev–Trinajstić information content (AvgIpc) is 2.84. The largest absolute Gasteiger partial charge is 0.366 e. The van der Waals surface area contributed by atoms with Gasteiger partial charge in [0.25, 0.3) is 0 Å². The van der Waals surface area contributed by atoms with Crippen LogP contribution in [0.25, 0.3) is 16.7 Å². The predicted molar refractivity (Wildman–Crippen MR) is 124 cm³/mol. The van der Waals surface area contributed by atoms with Crippen molar-refractivity contribution in [2.45, 2.75) is 9.79 Å². The number of amides is 1. The van der Waals surface area contributed by atoms with E-state index in [1.807, 2.05) is 42.5 Å². The lowest BCUT2D eigenvalue weighted by molar-refractivity contribution is -0.113. The second kappa shape index (κ2) is 8.99. The summed E-state index contributed by atoms with van der Waals surface area (Å²) in [7, 11) is -3.72. The van der Waals surface area contributed by atoms with Gasteiger partial charge in [-0.2, -0.15) is 0 Å². The predicted octanol–water partition coefficient (Wildman–Crippen LogP) is 4.50. The van der Waals surface area contributed by atoms with Crippen LogP contribution in [0.15, 0.2) is 119 Å². The maximum absolute atomic E-state index is 13.2. The molecule has 2 N–H and O–H groups in total. The number of rotatable bonds is 6. The first-order valence-electron chi connectivity index (χ1n) is 9.88. The van der Waals surface area contributed by atoms with Crippen LogP contribution in [0.2, 0.25) is 0 Å². The van der Waals surface area contributed by atoms with Gasteiger partial charge in [-0.25, -0.2) is 8.42 Å². The molecule has 4 aromatic rings. The zero-order valence-electron chi connectivity index (χ0n) is 17.0. The zero-order chi connectivity index (χ0) is 22.6. The van der Waals surface area contributed by atoms with E-state index in [4.69, 9.17) is 5.73 Å². The number of carbonyl (C=O) groups excluding carboxylic acids is 1. The summed E-state index contributed by atoms with van der Waals surface area (Å²) in [6.07, 6.45) is 4.56. The number of aromatic nitrogens is 1. The molecule has 4 rings (SSSR count). The number of hydrogen-bond donors (Lipinski definition) is 1. The first-order valence-corrected chi connectivity index (χ1v) is 11.4. The molecule has 0 aliphatic heterocycles. The molecule has 0 aliphatic carbocycles. The fourth-order valence-corrected chi connectivity index (χ4v) is 4.73. The fourth-order valence-electron chi connectivity index (χ4n) is 3.42. The van der Waals surface area contributed by atoms with Crippen molar-refractivity contribution < 1.29 is 13.2 Å². The Morgan fingerprint density at radius 3 is 2.12 bits per heavy atom. The summed E-state index contributed by atoms with van der Waals surface area (Å²) in [5.74, 6) is -0.599. The smallest absolute Gasteiger partial charge is 0.242 e. The lowest BCUT2D eigenvalue weighted by Gasteiger charge is -2.10. The molecule has 0 spiro atoms. The van der Waals surface area contributed by atoms with Gasteiger partial charge in [0.05, 0.1) is 9.79 Å². The van der Waals surface area contributed by atoms with Crippen molar-refractivity contribution in [2.75, 3.05) is 0 Å². The lowest BCUT2D eigenvalue weighted by Crippen LogP contribution is -2.08. The number of sulfone groups is 1. The van der Waals surface area contributed by atoms with E-state index in [0.29, 0.717) is 16.7 Å². The molecule has 158 valence electrons. The Hall–Kier alpha value is -4.03. The first-order chi connectivity index (χ1) is 15.4. The molecule has 1 aromatic heterocycles. The molecule has 0 saturated heterocycles. The molecule has 1 heterocycles. The lowest BCUT2D eigenvalue weighted by atomic mass is 9.99. The van der Waals surface area contributed by atoms with Crippen LogP contribution in [0.4, 0.5) is 0 Å². The number of benzene rings is 3. The van der Waals surface area contributed by atoms with Crippen molar-refractivity contribution in [3.05, 3.63) is 121 Å². The van der Waals surface area contributed by atoms with Crippen LogP contribution >= 0.6 is 0 Å². The van der Waals surface area contributed by atoms with E-state index in [-0.39, 0.29) is 9.79 Å². The molecule has 1 amide bonds. The summed E-state index contributed by atoms with van der Waals surface area (Å²) >= 11 is 0. The Kier molecular flexibility index (Phi) is 5.96. The van der Waals surface area contributed by atoms with E-state index in [0.717, 1.165) is 11.1 Å². The Balaban J connectivity index is 1.70. The Morgan fingerprint density at radius 2 is 1.47 bits per heavy atom. The van der Waals surface area contributed by atoms with E-state index in [1.54, 1.807) is 48.8 Å². The van der Waals surface area contributed by atoms with E-state index in [2.05, 4.69) is 4.98 Å². The highest BCUT2D eigenvalue weighted by atomic mass is 32.2. The van der Waals surface area contributed by atoms with Crippen LogP contribution in [0.1, 0.15) is 11.1 Å². The van der Waals surface area contributed by atoms with Crippen LogP contribution in [0.5, 0.6) is 0 Å². The van der Waals surface area contributed by atoms with Crippen LogP contribution < -0.4 is 5.73 Å². The van der Waals surface area contributed by atoms with Gasteiger partial charge in [-0.15, -0.1) is 0 Å². The molecule has 0 radical (unpaired) electrons. The number of carbonyl (C=O) groups is 1. The third-order valence-corrected chi connectivity index (χ3v) is 6.75. The molecule has 0 fully saturated rings. The maximum atomic E-state index is 13.2. The Labute approximate surface area is 186 Å². The molecule has 0 unspecified atom stereocenters. The van der Waals surface area contributed by atoms with Crippen LogP contribution in [-0.2, 0) is 14.6 Å². The van der Waals surface area contributed by atoms with Crippen LogP contribution in [0.3, 0.4) is 0 Å². The quantitative estimate of drug-likeness (QED) is 0.447. The molecule has 0 atom stereocenters. The summed E-state index contributed by atoms with van der Waals surface area (Å²) < 4.78 is 26.5. The maximum Gasteiger partial charge on any atom is 0.242 e. The Morgan fingerprint density at radius 1 is 0.750 bits per heavy atom. The van der Waals surface area contributed by atoms with Crippen molar-refractivity contribution in [1.29, 1.82) is 0 Å². The minimum Gasteiger partial charge on any atom is -0.366 e. The molecular weight excluding hydrogens is 420 g/mol. The molecule has 0 bridgehead atoms.